The molecule has 4 nitrogen and oxygen atoms in total. The van der Waals surface area contributed by atoms with Crippen LogP contribution in [-0.2, 0) is 16.1 Å². The van der Waals surface area contributed by atoms with Crippen LogP contribution in [0.2, 0.25) is 5.02 Å². The minimum Gasteiger partial charge on any atom is -0.458 e. The molecule has 0 unspecified atom stereocenters. The second-order valence-electron chi connectivity index (χ2n) is 5.21. The van der Waals surface area contributed by atoms with Crippen molar-refractivity contribution in [2.24, 2.45) is 0 Å². The average Bonchev–Trinajstić information content (AvgIpc) is 2.97. The topological polar surface area (TPSA) is 54.5 Å². The molecular formula is C19H12ClFN2O2. The first-order valence-corrected chi connectivity index (χ1v) is 7.75. The minimum atomic E-state index is -0.654. The molecule has 0 saturated heterocycles. The van der Waals surface area contributed by atoms with Crippen molar-refractivity contribution in [1.29, 1.82) is 5.26 Å². The normalized spacial score (nSPS) is 10.9. The molecule has 25 heavy (non-hydrogen) atoms. The third kappa shape index (κ3) is 3.54. The highest BCUT2D eigenvalue weighted by Gasteiger charge is 2.11. The van der Waals surface area contributed by atoms with Gasteiger partial charge in [-0.05, 0) is 30.3 Å². The van der Waals surface area contributed by atoms with Crippen LogP contribution in [0.5, 0.6) is 0 Å². The third-order valence-corrected chi connectivity index (χ3v) is 3.96. The number of benzene rings is 1. The molecule has 3 rings (SSSR count). The predicted octanol–water partition coefficient (Wildman–Crippen LogP) is 4.36. The maximum absolute atomic E-state index is 13.6. The fourth-order valence-electron chi connectivity index (χ4n) is 2.43. The molecule has 124 valence electrons. The van der Waals surface area contributed by atoms with Crippen LogP contribution >= 0.6 is 11.6 Å². The van der Waals surface area contributed by atoms with E-state index in [0.29, 0.717) is 11.1 Å². The van der Waals surface area contributed by atoms with Gasteiger partial charge in [0.2, 0.25) is 0 Å². The minimum absolute atomic E-state index is 0.0568. The van der Waals surface area contributed by atoms with E-state index in [-0.39, 0.29) is 17.2 Å². The van der Waals surface area contributed by atoms with Gasteiger partial charge in [-0.15, -0.1) is 0 Å². The first-order chi connectivity index (χ1) is 12.1. The van der Waals surface area contributed by atoms with Crippen LogP contribution < -0.4 is 0 Å². The number of aromatic nitrogens is 1. The third-order valence-electron chi connectivity index (χ3n) is 3.63. The second-order valence-corrected chi connectivity index (χ2v) is 5.62. The van der Waals surface area contributed by atoms with E-state index in [2.05, 4.69) is 6.07 Å². The van der Waals surface area contributed by atoms with Crippen molar-refractivity contribution in [3.8, 4) is 6.07 Å². The summed E-state index contributed by atoms with van der Waals surface area (Å²) in [5, 5.41) is 9.51. The number of esters is 1. The molecule has 0 aliphatic carbocycles. The summed E-state index contributed by atoms with van der Waals surface area (Å²) in [5.41, 5.74) is 1.91. The summed E-state index contributed by atoms with van der Waals surface area (Å²) in [6, 6.07) is 11.9. The number of nitrogens with zero attached hydrogens (tertiary/aromatic N) is 2. The van der Waals surface area contributed by atoms with E-state index in [0.717, 1.165) is 11.6 Å². The number of pyridine rings is 1. The number of rotatable bonds is 4. The van der Waals surface area contributed by atoms with E-state index < -0.39 is 11.8 Å². The maximum Gasteiger partial charge on any atom is 0.331 e. The van der Waals surface area contributed by atoms with Gasteiger partial charge in [-0.3, -0.25) is 0 Å². The lowest BCUT2D eigenvalue weighted by Crippen LogP contribution is -2.01. The monoisotopic (exact) mass is 354 g/mol. The van der Waals surface area contributed by atoms with Crippen LogP contribution in [0.3, 0.4) is 0 Å². The zero-order chi connectivity index (χ0) is 17.8. The molecule has 3 aromatic rings. The SMILES string of the molecule is N#Cc1c(COC(=O)C=Cc2c(F)cccc2Cl)cn2ccccc12. The standard InChI is InChI=1S/C19H12ClFN2O2/c20-16-4-3-5-17(21)14(16)7-8-19(24)25-12-13-11-23-9-2-1-6-18(23)15(13)10-22/h1-9,11H,12H2. The first kappa shape index (κ1) is 16.7. The van der Waals surface area contributed by atoms with Crippen molar-refractivity contribution in [1.82, 2.24) is 4.40 Å². The molecule has 0 saturated carbocycles. The fraction of sp³-hybridized carbons (Fsp3) is 0.0526. The molecule has 2 aromatic heterocycles. The van der Waals surface area contributed by atoms with Crippen LogP contribution in [0, 0.1) is 17.1 Å². The van der Waals surface area contributed by atoms with Crippen LogP contribution in [-0.4, -0.2) is 10.4 Å². The van der Waals surface area contributed by atoms with Crippen molar-refractivity contribution in [2.75, 3.05) is 0 Å². The highest BCUT2D eigenvalue weighted by Crippen LogP contribution is 2.21. The number of hydrogen-bond donors (Lipinski definition) is 0. The Morgan fingerprint density at radius 2 is 2.16 bits per heavy atom. The molecule has 0 amide bonds. The van der Waals surface area contributed by atoms with Crippen LogP contribution in [0.15, 0.2) is 54.9 Å². The number of fused-ring (bicyclic) bond motifs is 1. The van der Waals surface area contributed by atoms with Gasteiger partial charge in [-0.25, -0.2) is 9.18 Å². The zero-order valence-electron chi connectivity index (χ0n) is 12.9. The first-order valence-electron chi connectivity index (χ1n) is 7.37. The number of carbonyl (C=O) groups excluding carboxylic acids is 1. The summed E-state index contributed by atoms with van der Waals surface area (Å²) in [6.45, 7) is -0.0568. The highest BCUT2D eigenvalue weighted by atomic mass is 35.5. The van der Waals surface area contributed by atoms with Crippen molar-refractivity contribution in [3.05, 3.63) is 82.4 Å². The molecule has 0 spiro atoms. The zero-order valence-corrected chi connectivity index (χ0v) is 13.7. The van der Waals surface area contributed by atoms with Gasteiger partial charge in [-0.1, -0.05) is 23.7 Å². The van der Waals surface area contributed by atoms with Crippen LogP contribution in [0.4, 0.5) is 4.39 Å². The molecule has 2 heterocycles. The van der Waals surface area contributed by atoms with Crippen molar-refractivity contribution in [3.63, 3.8) is 0 Å². The predicted molar refractivity (Wildman–Crippen MR) is 92.4 cm³/mol. The van der Waals surface area contributed by atoms with Crippen LogP contribution in [0.1, 0.15) is 16.7 Å². The Bertz CT molecular complexity index is 998. The summed E-state index contributed by atoms with van der Waals surface area (Å²) >= 11 is 5.89. The van der Waals surface area contributed by atoms with E-state index in [1.54, 1.807) is 10.6 Å². The van der Waals surface area contributed by atoms with Gasteiger partial charge in [0.15, 0.2) is 0 Å². The van der Waals surface area contributed by atoms with Crippen molar-refractivity contribution in [2.45, 2.75) is 6.61 Å². The Labute approximate surface area is 148 Å². The van der Waals surface area contributed by atoms with Gasteiger partial charge in [0.1, 0.15) is 18.5 Å². The number of halogens is 2. The Kier molecular flexibility index (Phi) is 4.82. The molecule has 0 bridgehead atoms. The summed E-state index contributed by atoms with van der Waals surface area (Å²) in [6.07, 6.45) is 5.91. The molecule has 0 atom stereocenters. The number of carbonyl (C=O) groups is 1. The van der Waals surface area contributed by atoms with Gasteiger partial charge in [0, 0.05) is 29.6 Å². The van der Waals surface area contributed by atoms with E-state index in [9.17, 15) is 14.4 Å². The van der Waals surface area contributed by atoms with E-state index in [4.69, 9.17) is 16.3 Å². The lowest BCUT2D eigenvalue weighted by Gasteiger charge is -2.01. The molecular weight excluding hydrogens is 343 g/mol. The average molecular weight is 355 g/mol. The van der Waals surface area contributed by atoms with Crippen LogP contribution in [0.25, 0.3) is 11.6 Å². The summed E-state index contributed by atoms with van der Waals surface area (Å²) in [7, 11) is 0. The number of nitriles is 1. The molecule has 1 aromatic carbocycles. The summed E-state index contributed by atoms with van der Waals surface area (Å²) in [4.78, 5) is 11.9. The number of ether oxygens (including phenoxy) is 1. The van der Waals surface area contributed by atoms with E-state index in [1.165, 1.54) is 24.3 Å². The second kappa shape index (κ2) is 7.20. The van der Waals surface area contributed by atoms with Gasteiger partial charge >= 0.3 is 5.97 Å². The van der Waals surface area contributed by atoms with Gasteiger partial charge in [0.05, 0.1) is 16.1 Å². The van der Waals surface area contributed by atoms with E-state index >= 15 is 0 Å². The molecule has 0 radical (unpaired) electrons. The molecule has 6 heteroatoms. The van der Waals surface area contributed by atoms with E-state index in [1.807, 2.05) is 24.4 Å². The Morgan fingerprint density at radius 1 is 1.32 bits per heavy atom. The molecule has 0 N–H and O–H groups in total. The Balaban J connectivity index is 1.73. The smallest absolute Gasteiger partial charge is 0.331 e. The maximum atomic E-state index is 13.6. The summed E-state index contributed by atoms with van der Waals surface area (Å²) in [5.74, 6) is -1.18. The Hall–Kier alpha value is -3.10. The largest absolute Gasteiger partial charge is 0.458 e. The van der Waals surface area contributed by atoms with Crippen molar-refractivity contribution < 1.29 is 13.9 Å². The Morgan fingerprint density at radius 3 is 2.92 bits per heavy atom. The lowest BCUT2D eigenvalue weighted by atomic mass is 10.2. The summed E-state index contributed by atoms with van der Waals surface area (Å²) < 4.78 is 20.6. The van der Waals surface area contributed by atoms with Gasteiger partial charge < -0.3 is 9.14 Å². The number of hydrogen-bond acceptors (Lipinski definition) is 3. The molecule has 0 fully saturated rings. The highest BCUT2D eigenvalue weighted by molar-refractivity contribution is 6.32. The quantitative estimate of drug-likeness (QED) is 0.516. The lowest BCUT2D eigenvalue weighted by molar-refractivity contribution is -0.138. The fourth-order valence-corrected chi connectivity index (χ4v) is 2.66. The molecule has 0 aliphatic rings. The molecule has 0 aliphatic heterocycles. The van der Waals surface area contributed by atoms with Crippen molar-refractivity contribution >= 4 is 29.2 Å². The van der Waals surface area contributed by atoms with Gasteiger partial charge in [0.25, 0.3) is 0 Å². The van der Waals surface area contributed by atoms with Gasteiger partial charge in [-0.2, -0.15) is 5.26 Å².